The summed E-state index contributed by atoms with van der Waals surface area (Å²) in [4.78, 5) is 4.48. The third-order valence-corrected chi connectivity index (χ3v) is 4.17. The Labute approximate surface area is 160 Å². The van der Waals surface area contributed by atoms with E-state index in [2.05, 4.69) is 20.9 Å². The molecule has 26 heavy (non-hydrogen) atoms. The fourth-order valence-corrected chi connectivity index (χ4v) is 2.73. The SMILES string of the molecule is COc1ccc(N=Cc2cc(Br)ccc2OCc2cccc(F)c2)cc1. The maximum absolute atomic E-state index is 13.3. The van der Waals surface area contributed by atoms with E-state index in [4.69, 9.17) is 9.47 Å². The molecule has 3 rings (SSSR count). The Morgan fingerprint density at radius 3 is 2.58 bits per heavy atom. The van der Waals surface area contributed by atoms with Crippen LogP contribution in [0.2, 0.25) is 0 Å². The maximum atomic E-state index is 13.3. The Hall–Kier alpha value is -2.66. The predicted molar refractivity (Wildman–Crippen MR) is 105 cm³/mol. The molecule has 0 amide bonds. The van der Waals surface area contributed by atoms with E-state index in [1.807, 2.05) is 48.5 Å². The fraction of sp³-hybridized carbons (Fsp3) is 0.0952. The van der Waals surface area contributed by atoms with Crippen LogP contribution in [0.3, 0.4) is 0 Å². The van der Waals surface area contributed by atoms with Crippen molar-refractivity contribution in [3.8, 4) is 11.5 Å². The van der Waals surface area contributed by atoms with Crippen molar-refractivity contribution in [2.75, 3.05) is 7.11 Å². The van der Waals surface area contributed by atoms with Gasteiger partial charge in [0.15, 0.2) is 0 Å². The standard InChI is InChI=1S/C21H17BrFNO2/c1-25-20-8-6-19(7-9-20)24-13-16-12-17(22)5-10-21(16)26-14-15-3-2-4-18(23)11-15/h2-13H,14H2,1H3. The van der Waals surface area contributed by atoms with Crippen LogP contribution in [0.25, 0.3) is 0 Å². The molecule has 0 atom stereocenters. The Morgan fingerprint density at radius 2 is 1.85 bits per heavy atom. The molecule has 0 bridgehead atoms. The molecular weight excluding hydrogens is 397 g/mol. The molecule has 5 heteroatoms. The summed E-state index contributed by atoms with van der Waals surface area (Å²) in [6, 6.07) is 19.5. The van der Waals surface area contributed by atoms with Crippen LogP contribution in [0.1, 0.15) is 11.1 Å². The highest BCUT2D eigenvalue weighted by Gasteiger charge is 2.04. The summed E-state index contributed by atoms with van der Waals surface area (Å²) in [5, 5.41) is 0. The second-order valence-corrected chi connectivity index (χ2v) is 6.47. The summed E-state index contributed by atoms with van der Waals surface area (Å²) < 4.78 is 25.2. The van der Waals surface area contributed by atoms with Crippen molar-refractivity contribution < 1.29 is 13.9 Å². The predicted octanol–water partition coefficient (Wildman–Crippen LogP) is 5.93. The average molecular weight is 414 g/mol. The summed E-state index contributed by atoms with van der Waals surface area (Å²) in [6.45, 7) is 0.281. The molecule has 0 heterocycles. The van der Waals surface area contributed by atoms with Gasteiger partial charge in [-0.05, 0) is 60.2 Å². The van der Waals surface area contributed by atoms with Crippen LogP contribution < -0.4 is 9.47 Å². The number of hydrogen-bond donors (Lipinski definition) is 0. The largest absolute Gasteiger partial charge is 0.497 e. The molecule has 0 aliphatic heterocycles. The maximum Gasteiger partial charge on any atom is 0.128 e. The third kappa shape index (κ3) is 4.92. The van der Waals surface area contributed by atoms with Gasteiger partial charge in [0.1, 0.15) is 23.9 Å². The molecule has 3 nitrogen and oxygen atoms in total. The van der Waals surface area contributed by atoms with Crippen LogP contribution in [0, 0.1) is 5.82 Å². The Morgan fingerprint density at radius 1 is 1.04 bits per heavy atom. The van der Waals surface area contributed by atoms with Crippen LogP contribution in [-0.4, -0.2) is 13.3 Å². The Kier molecular flexibility index (Phi) is 6.02. The molecule has 0 spiro atoms. The average Bonchev–Trinajstić information content (AvgIpc) is 2.66. The zero-order valence-electron chi connectivity index (χ0n) is 14.2. The van der Waals surface area contributed by atoms with Crippen molar-refractivity contribution in [2.45, 2.75) is 6.61 Å². The Bertz CT molecular complexity index is 910. The van der Waals surface area contributed by atoms with E-state index >= 15 is 0 Å². The first-order valence-electron chi connectivity index (χ1n) is 7.99. The van der Waals surface area contributed by atoms with E-state index in [-0.39, 0.29) is 12.4 Å². The second kappa shape index (κ2) is 8.63. The van der Waals surface area contributed by atoms with E-state index in [1.54, 1.807) is 19.4 Å². The van der Waals surface area contributed by atoms with Gasteiger partial charge in [-0.1, -0.05) is 28.1 Å². The van der Waals surface area contributed by atoms with Gasteiger partial charge in [0.25, 0.3) is 0 Å². The molecule has 0 N–H and O–H groups in total. The lowest BCUT2D eigenvalue weighted by Crippen LogP contribution is -1.99. The van der Waals surface area contributed by atoms with Gasteiger partial charge in [-0.25, -0.2) is 4.39 Å². The van der Waals surface area contributed by atoms with E-state index in [0.29, 0.717) is 5.75 Å². The summed E-state index contributed by atoms with van der Waals surface area (Å²) in [6.07, 6.45) is 1.74. The zero-order chi connectivity index (χ0) is 18.4. The Balaban J connectivity index is 1.77. The molecule has 0 aliphatic rings. The first kappa shape index (κ1) is 18.1. The van der Waals surface area contributed by atoms with Gasteiger partial charge in [0, 0.05) is 16.3 Å². The molecular formula is C21H17BrFNO2. The molecule has 3 aromatic rings. The van der Waals surface area contributed by atoms with Gasteiger partial charge in [-0.2, -0.15) is 0 Å². The third-order valence-electron chi connectivity index (χ3n) is 3.68. The van der Waals surface area contributed by atoms with E-state index in [9.17, 15) is 4.39 Å². The van der Waals surface area contributed by atoms with Gasteiger partial charge in [0.2, 0.25) is 0 Å². The number of rotatable bonds is 6. The number of benzene rings is 3. The minimum absolute atomic E-state index is 0.275. The smallest absolute Gasteiger partial charge is 0.128 e. The van der Waals surface area contributed by atoms with Gasteiger partial charge in [-0.3, -0.25) is 4.99 Å². The van der Waals surface area contributed by atoms with Gasteiger partial charge < -0.3 is 9.47 Å². The fourth-order valence-electron chi connectivity index (χ4n) is 2.35. The van der Waals surface area contributed by atoms with Crippen molar-refractivity contribution in [2.24, 2.45) is 4.99 Å². The van der Waals surface area contributed by atoms with Crippen molar-refractivity contribution in [1.82, 2.24) is 0 Å². The second-order valence-electron chi connectivity index (χ2n) is 5.56. The number of aliphatic imine (C=N–C) groups is 1. The van der Waals surface area contributed by atoms with Crippen LogP contribution in [0.4, 0.5) is 10.1 Å². The molecule has 3 aromatic carbocycles. The zero-order valence-corrected chi connectivity index (χ0v) is 15.7. The highest BCUT2D eigenvalue weighted by atomic mass is 79.9. The minimum atomic E-state index is -0.275. The number of halogens is 2. The van der Waals surface area contributed by atoms with Crippen molar-refractivity contribution in [1.29, 1.82) is 0 Å². The quantitative estimate of drug-likeness (QED) is 0.469. The van der Waals surface area contributed by atoms with Gasteiger partial charge >= 0.3 is 0 Å². The van der Waals surface area contributed by atoms with Crippen LogP contribution >= 0.6 is 15.9 Å². The molecule has 0 unspecified atom stereocenters. The molecule has 132 valence electrons. The van der Waals surface area contributed by atoms with Crippen LogP contribution in [0.5, 0.6) is 11.5 Å². The van der Waals surface area contributed by atoms with Gasteiger partial charge in [0.05, 0.1) is 12.8 Å². The monoisotopic (exact) mass is 413 g/mol. The van der Waals surface area contributed by atoms with Crippen molar-refractivity contribution in [3.63, 3.8) is 0 Å². The van der Waals surface area contributed by atoms with E-state index < -0.39 is 0 Å². The molecule has 0 saturated heterocycles. The number of methoxy groups -OCH3 is 1. The first-order valence-corrected chi connectivity index (χ1v) is 8.78. The molecule has 0 aliphatic carbocycles. The molecule has 0 saturated carbocycles. The summed E-state index contributed by atoms with van der Waals surface area (Å²) in [5.41, 5.74) is 2.40. The number of nitrogens with zero attached hydrogens (tertiary/aromatic N) is 1. The van der Waals surface area contributed by atoms with E-state index in [1.165, 1.54) is 12.1 Å². The lowest BCUT2D eigenvalue weighted by molar-refractivity contribution is 0.305. The number of hydrogen-bond acceptors (Lipinski definition) is 3. The van der Waals surface area contributed by atoms with E-state index in [0.717, 1.165) is 27.0 Å². The van der Waals surface area contributed by atoms with Gasteiger partial charge in [-0.15, -0.1) is 0 Å². The van der Waals surface area contributed by atoms with Crippen LogP contribution in [-0.2, 0) is 6.61 Å². The highest BCUT2D eigenvalue weighted by Crippen LogP contribution is 2.24. The normalized spacial score (nSPS) is 10.9. The highest BCUT2D eigenvalue weighted by molar-refractivity contribution is 9.10. The number of ether oxygens (including phenoxy) is 2. The summed E-state index contributed by atoms with van der Waals surface area (Å²) in [7, 11) is 1.63. The summed E-state index contributed by atoms with van der Waals surface area (Å²) in [5.74, 6) is 1.18. The first-order chi connectivity index (χ1) is 12.6. The minimum Gasteiger partial charge on any atom is -0.497 e. The summed E-state index contributed by atoms with van der Waals surface area (Å²) >= 11 is 3.46. The lowest BCUT2D eigenvalue weighted by Gasteiger charge is -2.10. The topological polar surface area (TPSA) is 30.8 Å². The molecule has 0 aromatic heterocycles. The van der Waals surface area contributed by atoms with Crippen molar-refractivity contribution >= 4 is 27.8 Å². The van der Waals surface area contributed by atoms with Crippen molar-refractivity contribution in [3.05, 3.63) is 88.1 Å². The molecule has 0 fully saturated rings. The van der Waals surface area contributed by atoms with Crippen LogP contribution in [0.15, 0.2) is 76.2 Å². The lowest BCUT2D eigenvalue weighted by atomic mass is 10.2. The molecule has 0 radical (unpaired) electrons.